The van der Waals surface area contributed by atoms with Crippen molar-refractivity contribution in [1.82, 2.24) is 10.2 Å². The van der Waals surface area contributed by atoms with E-state index < -0.39 is 0 Å². The quantitative estimate of drug-likeness (QED) is 0.852. The van der Waals surface area contributed by atoms with E-state index in [2.05, 4.69) is 5.32 Å². The highest BCUT2D eigenvalue weighted by molar-refractivity contribution is 5.93. The lowest BCUT2D eigenvalue weighted by molar-refractivity contribution is -0.121. The van der Waals surface area contributed by atoms with Crippen LogP contribution in [0.1, 0.15) is 47.6 Å². The summed E-state index contributed by atoms with van der Waals surface area (Å²) in [7, 11) is 0. The predicted octanol–water partition coefficient (Wildman–Crippen LogP) is 1.78. The number of nitrogens with two attached hydrogens (primary N) is 1. The van der Waals surface area contributed by atoms with Gasteiger partial charge >= 0.3 is 0 Å². The maximum absolute atomic E-state index is 12.7. The number of halogens is 1. The number of aryl methyl sites for hydroxylation is 2. The first-order chi connectivity index (χ1) is 10.5. The number of furan rings is 1. The van der Waals surface area contributed by atoms with Crippen molar-refractivity contribution in [3.05, 3.63) is 23.2 Å². The zero-order valence-electron chi connectivity index (χ0n) is 13.8. The highest BCUT2D eigenvalue weighted by Gasteiger charge is 2.30. The van der Waals surface area contributed by atoms with Crippen LogP contribution in [0.2, 0.25) is 0 Å². The maximum Gasteiger partial charge on any atom is 0.290 e. The third kappa shape index (κ3) is 4.97. The van der Waals surface area contributed by atoms with Gasteiger partial charge in [0.1, 0.15) is 5.76 Å². The molecule has 0 aromatic carbocycles. The largest absolute Gasteiger partial charge is 0.456 e. The van der Waals surface area contributed by atoms with Crippen LogP contribution < -0.4 is 11.1 Å². The molecule has 0 aliphatic carbocycles. The van der Waals surface area contributed by atoms with E-state index in [4.69, 9.17) is 10.2 Å². The monoisotopic (exact) mass is 343 g/mol. The van der Waals surface area contributed by atoms with Gasteiger partial charge in [-0.1, -0.05) is 0 Å². The second kappa shape index (κ2) is 8.93. The standard InChI is InChI=1S/C16H25N3O3.ClH/c1-11-9-12(2)22-15(11)16(21)19-8-4-3-5-13(19)10-18-14(20)6-7-17;/h9,13H,3-8,10,17H2,1-2H3,(H,18,20);1H. The molecule has 6 nitrogen and oxygen atoms in total. The Labute approximate surface area is 143 Å². The number of rotatable bonds is 5. The third-order valence-electron chi connectivity index (χ3n) is 4.03. The molecule has 2 heterocycles. The molecular weight excluding hydrogens is 318 g/mol. The second-order valence-corrected chi connectivity index (χ2v) is 5.86. The molecule has 0 bridgehead atoms. The van der Waals surface area contributed by atoms with E-state index in [-0.39, 0.29) is 30.3 Å². The molecule has 1 aliphatic heterocycles. The SMILES string of the molecule is Cc1cc(C)c(C(=O)N2CCCCC2CNC(=O)CCN)o1.Cl. The van der Waals surface area contributed by atoms with E-state index in [0.717, 1.165) is 30.6 Å². The summed E-state index contributed by atoms with van der Waals surface area (Å²) in [5.41, 5.74) is 6.23. The summed E-state index contributed by atoms with van der Waals surface area (Å²) in [4.78, 5) is 26.1. The van der Waals surface area contributed by atoms with Crippen molar-refractivity contribution in [3.8, 4) is 0 Å². The van der Waals surface area contributed by atoms with E-state index >= 15 is 0 Å². The topological polar surface area (TPSA) is 88.6 Å². The summed E-state index contributed by atoms with van der Waals surface area (Å²) < 4.78 is 5.55. The van der Waals surface area contributed by atoms with Gasteiger partial charge in [-0.25, -0.2) is 0 Å². The molecule has 1 saturated heterocycles. The fourth-order valence-corrected chi connectivity index (χ4v) is 2.92. The Hall–Kier alpha value is -1.53. The lowest BCUT2D eigenvalue weighted by Crippen LogP contribution is -2.49. The number of amides is 2. The maximum atomic E-state index is 12.7. The van der Waals surface area contributed by atoms with E-state index in [0.29, 0.717) is 31.8 Å². The van der Waals surface area contributed by atoms with Crippen molar-refractivity contribution in [2.45, 2.75) is 45.6 Å². The lowest BCUT2D eigenvalue weighted by Gasteiger charge is -2.35. The van der Waals surface area contributed by atoms with E-state index in [9.17, 15) is 9.59 Å². The van der Waals surface area contributed by atoms with Gasteiger partial charge in [0, 0.05) is 37.7 Å². The summed E-state index contributed by atoms with van der Waals surface area (Å²) in [5, 5.41) is 2.87. The van der Waals surface area contributed by atoms with Gasteiger partial charge in [0.2, 0.25) is 5.91 Å². The van der Waals surface area contributed by atoms with Gasteiger partial charge in [0.25, 0.3) is 5.91 Å². The average Bonchev–Trinajstić information content (AvgIpc) is 2.84. The molecular formula is C16H26ClN3O3. The number of nitrogens with zero attached hydrogens (tertiary/aromatic N) is 1. The average molecular weight is 344 g/mol. The summed E-state index contributed by atoms with van der Waals surface area (Å²) >= 11 is 0. The van der Waals surface area contributed by atoms with Gasteiger partial charge in [-0.3, -0.25) is 9.59 Å². The summed E-state index contributed by atoms with van der Waals surface area (Å²) in [6.07, 6.45) is 3.26. The number of hydrogen-bond acceptors (Lipinski definition) is 4. The minimum Gasteiger partial charge on any atom is -0.456 e. The van der Waals surface area contributed by atoms with Crippen LogP contribution in [0.25, 0.3) is 0 Å². The molecule has 1 atom stereocenters. The smallest absolute Gasteiger partial charge is 0.290 e. The molecule has 2 amide bonds. The minimum absolute atomic E-state index is 0. The van der Waals surface area contributed by atoms with Crippen LogP contribution in [-0.4, -0.2) is 42.4 Å². The van der Waals surface area contributed by atoms with Gasteiger partial charge in [-0.15, -0.1) is 12.4 Å². The second-order valence-electron chi connectivity index (χ2n) is 5.86. The fraction of sp³-hybridized carbons (Fsp3) is 0.625. The van der Waals surface area contributed by atoms with Crippen LogP contribution in [0.4, 0.5) is 0 Å². The highest BCUT2D eigenvalue weighted by Crippen LogP contribution is 2.22. The number of carbonyl (C=O) groups is 2. The molecule has 7 heteroatoms. The summed E-state index contributed by atoms with van der Waals surface area (Å²) in [5.74, 6) is 1.01. The number of carbonyl (C=O) groups excluding carboxylic acids is 2. The molecule has 1 aliphatic rings. The predicted molar refractivity (Wildman–Crippen MR) is 90.8 cm³/mol. The van der Waals surface area contributed by atoms with Crippen molar-refractivity contribution in [3.63, 3.8) is 0 Å². The van der Waals surface area contributed by atoms with Gasteiger partial charge in [0.05, 0.1) is 0 Å². The number of hydrogen-bond donors (Lipinski definition) is 2. The molecule has 0 radical (unpaired) electrons. The molecule has 1 fully saturated rings. The van der Waals surface area contributed by atoms with Crippen LogP contribution in [0.3, 0.4) is 0 Å². The Bertz CT molecular complexity index is 545. The van der Waals surface area contributed by atoms with Crippen molar-refractivity contribution in [2.24, 2.45) is 5.73 Å². The van der Waals surface area contributed by atoms with Gasteiger partial charge in [0.15, 0.2) is 5.76 Å². The van der Waals surface area contributed by atoms with Crippen molar-refractivity contribution in [2.75, 3.05) is 19.6 Å². The van der Waals surface area contributed by atoms with Crippen LogP contribution >= 0.6 is 12.4 Å². The fourth-order valence-electron chi connectivity index (χ4n) is 2.92. The zero-order chi connectivity index (χ0) is 16.1. The van der Waals surface area contributed by atoms with Gasteiger partial charge in [-0.2, -0.15) is 0 Å². The van der Waals surface area contributed by atoms with E-state index in [1.807, 2.05) is 24.8 Å². The Morgan fingerprint density at radius 1 is 1.39 bits per heavy atom. The Balaban J connectivity index is 0.00000264. The molecule has 130 valence electrons. The zero-order valence-corrected chi connectivity index (χ0v) is 14.6. The Morgan fingerprint density at radius 2 is 2.13 bits per heavy atom. The van der Waals surface area contributed by atoms with Crippen LogP contribution in [-0.2, 0) is 4.79 Å². The first-order valence-corrected chi connectivity index (χ1v) is 7.87. The van der Waals surface area contributed by atoms with Crippen LogP contribution in [0.15, 0.2) is 10.5 Å². The van der Waals surface area contributed by atoms with Crippen LogP contribution in [0.5, 0.6) is 0 Å². The summed E-state index contributed by atoms with van der Waals surface area (Å²) in [6.45, 7) is 5.24. The first kappa shape index (κ1) is 19.5. The molecule has 3 N–H and O–H groups in total. The van der Waals surface area contributed by atoms with Gasteiger partial charge in [-0.05, 0) is 39.2 Å². The number of nitrogens with one attached hydrogen (secondary N) is 1. The van der Waals surface area contributed by atoms with E-state index in [1.54, 1.807) is 0 Å². The van der Waals surface area contributed by atoms with Crippen molar-refractivity contribution < 1.29 is 14.0 Å². The van der Waals surface area contributed by atoms with Crippen molar-refractivity contribution >= 4 is 24.2 Å². The Morgan fingerprint density at radius 3 is 2.74 bits per heavy atom. The van der Waals surface area contributed by atoms with Crippen molar-refractivity contribution in [1.29, 1.82) is 0 Å². The van der Waals surface area contributed by atoms with Crippen LogP contribution in [0, 0.1) is 13.8 Å². The lowest BCUT2D eigenvalue weighted by atomic mass is 10.0. The minimum atomic E-state index is -0.0802. The molecule has 0 spiro atoms. The normalized spacial score (nSPS) is 17.5. The molecule has 0 saturated carbocycles. The molecule has 2 rings (SSSR count). The molecule has 23 heavy (non-hydrogen) atoms. The molecule has 1 aromatic rings. The Kier molecular flexibility index (Phi) is 7.58. The van der Waals surface area contributed by atoms with E-state index in [1.165, 1.54) is 0 Å². The highest BCUT2D eigenvalue weighted by atomic mass is 35.5. The molecule has 1 unspecified atom stereocenters. The number of likely N-dealkylation sites (tertiary alicyclic amines) is 1. The summed E-state index contributed by atoms with van der Waals surface area (Å²) in [6, 6.07) is 1.89. The number of piperidine rings is 1. The molecule has 1 aromatic heterocycles. The van der Waals surface area contributed by atoms with Gasteiger partial charge < -0.3 is 20.4 Å². The first-order valence-electron chi connectivity index (χ1n) is 7.87. The third-order valence-corrected chi connectivity index (χ3v) is 4.03.